The van der Waals surface area contributed by atoms with Gasteiger partial charge in [-0.3, -0.25) is 24.1 Å². The number of amides is 2. The summed E-state index contributed by atoms with van der Waals surface area (Å²) < 4.78 is 4.75. The molecule has 25 heavy (non-hydrogen) atoms. The Balaban J connectivity index is 2.12. The van der Waals surface area contributed by atoms with Gasteiger partial charge in [0, 0.05) is 6.42 Å². The van der Waals surface area contributed by atoms with E-state index in [0.29, 0.717) is 12.0 Å². The van der Waals surface area contributed by atoms with Gasteiger partial charge in [-0.2, -0.15) is 0 Å². The molecule has 2 amide bonds. The van der Waals surface area contributed by atoms with Gasteiger partial charge in [0.1, 0.15) is 6.54 Å². The Morgan fingerprint density at radius 1 is 1.32 bits per heavy atom. The highest BCUT2D eigenvalue weighted by atomic mass is 32.2. The summed E-state index contributed by atoms with van der Waals surface area (Å²) in [7, 11) is 0. The van der Waals surface area contributed by atoms with Crippen molar-refractivity contribution in [3.05, 3.63) is 40.3 Å². The first-order valence-electron chi connectivity index (χ1n) is 7.62. The number of esters is 1. The van der Waals surface area contributed by atoms with Gasteiger partial charge in [0.2, 0.25) is 0 Å². The third-order valence-electron chi connectivity index (χ3n) is 3.34. The van der Waals surface area contributed by atoms with Crippen molar-refractivity contribution in [1.29, 1.82) is 0 Å². The number of carbonyl (C=O) groups excluding carboxylic acids is 3. The molecule has 1 aromatic rings. The predicted molar refractivity (Wildman–Crippen MR) is 91.7 cm³/mol. The van der Waals surface area contributed by atoms with Gasteiger partial charge < -0.3 is 9.84 Å². The largest absolute Gasteiger partial charge is 0.481 e. The molecule has 7 nitrogen and oxygen atoms in total. The number of ether oxygens (including phenoxy) is 1. The second kappa shape index (κ2) is 8.48. The lowest BCUT2D eigenvalue weighted by Gasteiger charge is -2.10. The molecule has 0 aromatic heterocycles. The summed E-state index contributed by atoms with van der Waals surface area (Å²) in [6.45, 7) is 1.41. The van der Waals surface area contributed by atoms with Gasteiger partial charge in [-0.1, -0.05) is 24.3 Å². The Labute approximate surface area is 148 Å². The van der Waals surface area contributed by atoms with Crippen molar-refractivity contribution in [2.75, 3.05) is 13.2 Å². The number of hydrogen-bond acceptors (Lipinski definition) is 6. The highest BCUT2D eigenvalue weighted by Crippen LogP contribution is 2.32. The zero-order chi connectivity index (χ0) is 18.4. The molecule has 1 N–H and O–H groups in total. The van der Waals surface area contributed by atoms with Crippen molar-refractivity contribution in [2.24, 2.45) is 0 Å². The van der Waals surface area contributed by atoms with E-state index < -0.39 is 29.6 Å². The third kappa shape index (κ3) is 5.18. The lowest BCUT2D eigenvalue weighted by atomic mass is 10.1. The Kier molecular flexibility index (Phi) is 6.35. The van der Waals surface area contributed by atoms with Gasteiger partial charge in [0.25, 0.3) is 11.1 Å². The van der Waals surface area contributed by atoms with E-state index >= 15 is 0 Å². The number of imide groups is 1. The van der Waals surface area contributed by atoms with Crippen molar-refractivity contribution in [3.8, 4) is 0 Å². The average molecular weight is 363 g/mol. The van der Waals surface area contributed by atoms with Gasteiger partial charge >= 0.3 is 11.9 Å². The maximum Gasteiger partial charge on any atom is 0.326 e. The fraction of sp³-hybridized carbons (Fsp3) is 0.294. The number of rotatable bonds is 7. The number of benzene rings is 1. The zero-order valence-corrected chi connectivity index (χ0v) is 14.4. The van der Waals surface area contributed by atoms with E-state index in [1.807, 2.05) is 0 Å². The van der Waals surface area contributed by atoms with Crippen LogP contribution in [0.4, 0.5) is 4.79 Å². The summed E-state index contributed by atoms with van der Waals surface area (Å²) >= 11 is 0.757. The van der Waals surface area contributed by atoms with Gasteiger partial charge in [-0.05, 0) is 42.3 Å². The molecule has 0 saturated carbocycles. The number of carbonyl (C=O) groups is 4. The number of nitrogens with zero attached hydrogens (tertiary/aromatic N) is 1. The molecule has 0 radical (unpaired) electrons. The van der Waals surface area contributed by atoms with E-state index in [9.17, 15) is 19.2 Å². The van der Waals surface area contributed by atoms with Crippen LogP contribution in [-0.2, 0) is 25.5 Å². The van der Waals surface area contributed by atoms with Crippen LogP contribution in [0.25, 0.3) is 6.08 Å². The van der Waals surface area contributed by atoms with Crippen molar-refractivity contribution < 1.29 is 29.0 Å². The van der Waals surface area contributed by atoms with Crippen LogP contribution >= 0.6 is 11.8 Å². The second-order valence-corrected chi connectivity index (χ2v) is 6.20. The van der Waals surface area contributed by atoms with Crippen LogP contribution in [0.2, 0.25) is 0 Å². The van der Waals surface area contributed by atoms with Crippen LogP contribution < -0.4 is 0 Å². The van der Waals surface area contributed by atoms with Crippen LogP contribution in [0.15, 0.2) is 29.2 Å². The normalized spacial score (nSPS) is 15.7. The standard InChI is InChI=1S/C17H17NO6S/c1-2-24-15(21)10-18-16(22)13(25-17(18)23)9-12-5-3-4-11(8-12)6-7-14(19)20/h3-5,8-9H,2,6-7,10H2,1H3,(H,19,20)/b13-9-. The predicted octanol–water partition coefficient (Wildman–Crippen LogP) is 2.30. The zero-order valence-electron chi connectivity index (χ0n) is 13.6. The number of hydrogen-bond donors (Lipinski definition) is 1. The van der Waals surface area contributed by atoms with E-state index in [1.54, 1.807) is 37.3 Å². The Morgan fingerprint density at radius 2 is 2.08 bits per heavy atom. The minimum absolute atomic E-state index is 0.0134. The summed E-state index contributed by atoms with van der Waals surface area (Å²) in [6, 6.07) is 7.07. The van der Waals surface area contributed by atoms with Crippen molar-refractivity contribution >= 4 is 40.9 Å². The monoisotopic (exact) mass is 363 g/mol. The molecule has 1 fully saturated rings. The molecular weight excluding hydrogens is 346 g/mol. The molecule has 1 heterocycles. The highest BCUT2D eigenvalue weighted by Gasteiger charge is 2.36. The summed E-state index contributed by atoms with van der Waals surface area (Å²) in [5.41, 5.74) is 1.51. The van der Waals surface area contributed by atoms with Gasteiger partial charge in [0.05, 0.1) is 11.5 Å². The van der Waals surface area contributed by atoms with Crippen LogP contribution in [-0.4, -0.2) is 46.2 Å². The van der Waals surface area contributed by atoms with Crippen LogP contribution in [0.3, 0.4) is 0 Å². The van der Waals surface area contributed by atoms with Crippen LogP contribution in [0.5, 0.6) is 0 Å². The SMILES string of the molecule is CCOC(=O)CN1C(=O)S/C(=C\c2cccc(CCC(=O)O)c2)C1=O. The molecule has 2 rings (SSSR count). The van der Waals surface area contributed by atoms with E-state index in [-0.39, 0.29) is 17.9 Å². The van der Waals surface area contributed by atoms with Crippen molar-refractivity contribution in [2.45, 2.75) is 19.8 Å². The lowest BCUT2D eigenvalue weighted by molar-refractivity contribution is -0.146. The molecule has 0 atom stereocenters. The first kappa shape index (κ1) is 18.7. The fourth-order valence-corrected chi connectivity index (χ4v) is 3.05. The second-order valence-electron chi connectivity index (χ2n) is 5.21. The van der Waals surface area contributed by atoms with E-state index in [2.05, 4.69) is 0 Å². The molecule has 0 spiro atoms. The number of aliphatic carboxylic acids is 1. The molecule has 1 aliphatic rings. The smallest absolute Gasteiger partial charge is 0.326 e. The molecule has 132 valence electrons. The fourth-order valence-electron chi connectivity index (χ4n) is 2.21. The number of carboxylic acid groups (broad SMARTS) is 1. The van der Waals surface area contributed by atoms with E-state index in [4.69, 9.17) is 9.84 Å². The number of aryl methyl sites for hydroxylation is 1. The molecule has 0 unspecified atom stereocenters. The lowest BCUT2D eigenvalue weighted by Crippen LogP contribution is -2.34. The van der Waals surface area contributed by atoms with Gasteiger partial charge in [0.15, 0.2) is 0 Å². The Bertz CT molecular complexity index is 742. The number of thioether (sulfide) groups is 1. The summed E-state index contributed by atoms with van der Waals surface area (Å²) in [6.07, 6.45) is 1.95. The topological polar surface area (TPSA) is 101 Å². The van der Waals surface area contributed by atoms with Gasteiger partial charge in [-0.25, -0.2) is 0 Å². The molecular formula is C17H17NO6S. The molecule has 0 bridgehead atoms. The maximum atomic E-state index is 12.3. The molecule has 1 aliphatic heterocycles. The minimum Gasteiger partial charge on any atom is -0.481 e. The quantitative estimate of drug-likeness (QED) is 0.586. The molecule has 1 aromatic carbocycles. The highest BCUT2D eigenvalue weighted by molar-refractivity contribution is 8.18. The average Bonchev–Trinajstić information content (AvgIpc) is 2.81. The minimum atomic E-state index is -0.884. The Hall–Kier alpha value is -2.61. The summed E-state index contributed by atoms with van der Waals surface area (Å²) in [4.78, 5) is 47.4. The van der Waals surface area contributed by atoms with E-state index in [1.165, 1.54) is 0 Å². The first-order chi connectivity index (χ1) is 11.9. The maximum absolute atomic E-state index is 12.3. The van der Waals surface area contributed by atoms with Crippen LogP contribution in [0, 0.1) is 0 Å². The summed E-state index contributed by atoms with van der Waals surface area (Å²) in [5.74, 6) is -2.06. The van der Waals surface area contributed by atoms with Gasteiger partial charge in [-0.15, -0.1) is 0 Å². The third-order valence-corrected chi connectivity index (χ3v) is 4.25. The Morgan fingerprint density at radius 3 is 2.76 bits per heavy atom. The molecule has 0 aliphatic carbocycles. The molecule has 8 heteroatoms. The first-order valence-corrected chi connectivity index (χ1v) is 8.44. The number of carboxylic acids is 1. The van der Waals surface area contributed by atoms with Crippen molar-refractivity contribution in [3.63, 3.8) is 0 Å². The summed E-state index contributed by atoms with van der Waals surface area (Å²) in [5, 5.41) is 8.21. The van der Waals surface area contributed by atoms with Crippen LogP contribution in [0.1, 0.15) is 24.5 Å². The van der Waals surface area contributed by atoms with E-state index in [0.717, 1.165) is 22.2 Å². The van der Waals surface area contributed by atoms with Crippen molar-refractivity contribution in [1.82, 2.24) is 4.90 Å². The molecule has 1 saturated heterocycles.